The third kappa shape index (κ3) is 4.42. The molecule has 0 atom stereocenters. The van der Waals surface area contributed by atoms with Crippen molar-refractivity contribution in [1.82, 2.24) is 10.6 Å². The minimum Gasteiger partial charge on any atom is -0.486 e. The second kappa shape index (κ2) is 8.20. The first kappa shape index (κ1) is 17.5. The van der Waals surface area contributed by atoms with E-state index >= 15 is 0 Å². The van der Waals surface area contributed by atoms with E-state index in [1.807, 2.05) is 24.3 Å². The van der Waals surface area contributed by atoms with Crippen molar-refractivity contribution < 1.29 is 19.1 Å². The van der Waals surface area contributed by atoms with E-state index in [1.54, 1.807) is 31.3 Å². The second-order valence-electron chi connectivity index (χ2n) is 5.73. The minimum absolute atomic E-state index is 0.156. The maximum absolute atomic E-state index is 12.0. The van der Waals surface area contributed by atoms with Gasteiger partial charge in [0.1, 0.15) is 13.2 Å². The van der Waals surface area contributed by atoms with Gasteiger partial charge in [0, 0.05) is 25.2 Å². The molecule has 0 unspecified atom stereocenters. The van der Waals surface area contributed by atoms with Crippen molar-refractivity contribution in [1.29, 1.82) is 0 Å². The lowest BCUT2D eigenvalue weighted by Gasteiger charge is -2.18. The Labute approximate surface area is 151 Å². The summed E-state index contributed by atoms with van der Waals surface area (Å²) in [6.07, 6.45) is 3.18. The molecule has 1 aliphatic rings. The molecule has 0 aromatic heterocycles. The summed E-state index contributed by atoms with van der Waals surface area (Å²) in [5.74, 6) is 1.03. The Kier molecular flexibility index (Phi) is 5.53. The third-order valence-corrected chi connectivity index (χ3v) is 3.88. The van der Waals surface area contributed by atoms with Crippen molar-refractivity contribution >= 4 is 17.9 Å². The molecule has 134 valence electrons. The van der Waals surface area contributed by atoms with Crippen LogP contribution in [0.4, 0.5) is 0 Å². The van der Waals surface area contributed by atoms with Crippen LogP contribution >= 0.6 is 0 Å². The summed E-state index contributed by atoms with van der Waals surface area (Å²) in [5.41, 5.74) is 2.27. The van der Waals surface area contributed by atoms with Crippen LogP contribution in [0.3, 0.4) is 0 Å². The number of hydrogen-bond acceptors (Lipinski definition) is 4. The van der Waals surface area contributed by atoms with Gasteiger partial charge >= 0.3 is 0 Å². The van der Waals surface area contributed by atoms with Crippen molar-refractivity contribution in [3.8, 4) is 11.5 Å². The van der Waals surface area contributed by atoms with E-state index in [0.717, 1.165) is 11.1 Å². The zero-order valence-corrected chi connectivity index (χ0v) is 14.5. The molecule has 0 saturated heterocycles. The van der Waals surface area contributed by atoms with Crippen molar-refractivity contribution in [3.05, 3.63) is 65.2 Å². The fourth-order valence-corrected chi connectivity index (χ4v) is 2.55. The Morgan fingerprint density at radius 2 is 1.88 bits per heavy atom. The molecule has 2 aromatic carbocycles. The maximum Gasteiger partial charge on any atom is 0.251 e. The zero-order valence-electron chi connectivity index (χ0n) is 14.5. The highest BCUT2D eigenvalue weighted by molar-refractivity contribution is 5.94. The van der Waals surface area contributed by atoms with Gasteiger partial charge in [0.2, 0.25) is 5.91 Å². The van der Waals surface area contributed by atoms with Gasteiger partial charge in [-0.2, -0.15) is 0 Å². The van der Waals surface area contributed by atoms with E-state index in [1.165, 1.54) is 6.08 Å². The number of rotatable bonds is 5. The fraction of sp³-hybridized carbons (Fsp3) is 0.200. The Balaban J connectivity index is 1.57. The molecule has 0 saturated carbocycles. The SMILES string of the molecule is CNC(=O)c1cccc(CNC(=O)/C=C/c2ccc3c(c2)OCCO3)c1. The van der Waals surface area contributed by atoms with Crippen LogP contribution in [0.25, 0.3) is 6.08 Å². The lowest BCUT2D eigenvalue weighted by atomic mass is 10.1. The van der Waals surface area contributed by atoms with Crippen molar-refractivity contribution in [2.24, 2.45) is 0 Å². The lowest BCUT2D eigenvalue weighted by molar-refractivity contribution is -0.116. The van der Waals surface area contributed by atoms with Gasteiger partial charge in [0.25, 0.3) is 5.91 Å². The summed E-state index contributed by atoms with van der Waals surface area (Å²) >= 11 is 0. The highest BCUT2D eigenvalue weighted by Gasteiger charge is 2.10. The molecular formula is C20H20N2O4. The highest BCUT2D eigenvalue weighted by Crippen LogP contribution is 2.31. The van der Waals surface area contributed by atoms with E-state index < -0.39 is 0 Å². The van der Waals surface area contributed by atoms with Crippen molar-refractivity contribution in [3.63, 3.8) is 0 Å². The molecule has 2 amide bonds. The summed E-state index contributed by atoms with van der Waals surface area (Å²) in [4.78, 5) is 23.7. The number of amides is 2. The predicted molar refractivity (Wildman–Crippen MR) is 98.1 cm³/mol. The summed E-state index contributed by atoms with van der Waals surface area (Å²) in [6, 6.07) is 12.7. The number of ether oxygens (including phenoxy) is 2. The van der Waals surface area contributed by atoms with Gasteiger partial charge in [0.15, 0.2) is 11.5 Å². The minimum atomic E-state index is -0.217. The molecule has 0 spiro atoms. The first-order valence-corrected chi connectivity index (χ1v) is 8.32. The zero-order chi connectivity index (χ0) is 18.4. The van der Waals surface area contributed by atoms with Crippen LogP contribution in [-0.2, 0) is 11.3 Å². The second-order valence-corrected chi connectivity index (χ2v) is 5.73. The molecule has 0 radical (unpaired) electrons. The van der Waals surface area contributed by atoms with E-state index in [0.29, 0.717) is 36.8 Å². The van der Waals surface area contributed by atoms with Crippen LogP contribution in [0, 0.1) is 0 Å². The van der Waals surface area contributed by atoms with Crippen molar-refractivity contribution in [2.45, 2.75) is 6.54 Å². The normalized spacial score (nSPS) is 12.7. The number of nitrogens with one attached hydrogen (secondary N) is 2. The summed E-state index contributed by atoms with van der Waals surface area (Å²) in [5, 5.41) is 5.38. The van der Waals surface area contributed by atoms with Crippen LogP contribution in [-0.4, -0.2) is 32.1 Å². The van der Waals surface area contributed by atoms with Crippen molar-refractivity contribution in [2.75, 3.05) is 20.3 Å². The van der Waals surface area contributed by atoms with Crippen LogP contribution < -0.4 is 20.1 Å². The van der Waals surface area contributed by atoms with Gasteiger partial charge in [-0.25, -0.2) is 0 Å². The van der Waals surface area contributed by atoms with Gasteiger partial charge in [-0.1, -0.05) is 18.2 Å². The van der Waals surface area contributed by atoms with E-state index in [9.17, 15) is 9.59 Å². The molecule has 2 N–H and O–H groups in total. The van der Waals surface area contributed by atoms with Crippen LogP contribution in [0.5, 0.6) is 11.5 Å². The smallest absolute Gasteiger partial charge is 0.251 e. The Hall–Kier alpha value is -3.28. The molecule has 0 aliphatic carbocycles. The molecule has 1 heterocycles. The third-order valence-electron chi connectivity index (χ3n) is 3.88. The van der Waals surface area contributed by atoms with Crippen LogP contribution in [0.2, 0.25) is 0 Å². The molecule has 0 fully saturated rings. The van der Waals surface area contributed by atoms with E-state index in [2.05, 4.69) is 10.6 Å². The lowest BCUT2D eigenvalue weighted by Crippen LogP contribution is -2.21. The highest BCUT2D eigenvalue weighted by atomic mass is 16.6. The predicted octanol–water partition coefficient (Wildman–Crippen LogP) is 2.15. The number of carbonyl (C=O) groups excluding carboxylic acids is 2. The van der Waals surface area contributed by atoms with Gasteiger partial charge < -0.3 is 20.1 Å². The summed E-state index contributed by atoms with van der Waals surface area (Å²) in [7, 11) is 1.58. The first-order chi connectivity index (χ1) is 12.7. The quantitative estimate of drug-likeness (QED) is 0.809. The Bertz CT molecular complexity index is 845. The molecular weight excluding hydrogens is 332 g/mol. The molecule has 3 rings (SSSR count). The average Bonchev–Trinajstić information content (AvgIpc) is 2.70. The molecule has 6 nitrogen and oxygen atoms in total. The number of carbonyl (C=O) groups is 2. The summed E-state index contributed by atoms with van der Waals surface area (Å²) < 4.78 is 11.0. The van der Waals surface area contributed by atoms with Gasteiger partial charge in [0.05, 0.1) is 0 Å². The molecule has 0 bridgehead atoms. The van der Waals surface area contributed by atoms with Gasteiger partial charge in [-0.15, -0.1) is 0 Å². The Morgan fingerprint density at radius 1 is 1.08 bits per heavy atom. The van der Waals surface area contributed by atoms with E-state index in [4.69, 9.17) is 9.47 Å². The standard InChI is InChI=1S/C20H20N2O4/c1-21-20(24)16-4-2-3-15(11-16)13-22-19(23)8-6-14-5-7-17-18(12-14)26-10-9-25-17/h2-8,11-12H,9-10,13H2,1H3,(H,21,24)(H,22,23)/b8-6+. The molecule has 2 aromatic rings. The van der Waals surface area contributed by atoms with Gasteiger partial charge in [-0.05, 0) is 41.5 Å². The molecule has 26 heavy (non-hydrogen) atoms. The fourth-order valence-electron chi connectivity index (χ4n) is 2.55. The number of fused-ring (bicyclic) bond motifs is 1. The molecule has 1 aliphatic heterocycles. The maximum atomic E-state index is 12.0. The van der Waals surface area contributed by atoms with Crippen LogP contribution in [0.15, 0.2) is 48.5 Å². The Morgan fingerprint density at radius 3 is 2.69 bits per heavy atom. The van der Waals surface area contributed by atoms with E-state index in [-0.39, 0.29) is 11.8 Å². The van der Waals surface area contributed by atoms with Gasteiger partial charge in [-0.3, -0.25) is 9.59 Å². The van der Waals surface area contributed by atoms with Crippen LogP contribution in [0.1, 0.15) is 21.5 Å². The monoisotopic (exact) mass is 352 g/mol. The first-order valence-electron chi connectivity index (χ1n) is 8.32. The topological polar surface area (TPSA) is 76.7 Å². The number of benzene rings is 2. The largest absolute Gasteiger partial charge is 0.486 e. The summed E-state index contributed by atoms with van der Waals surface area (Å²) in [6.45, 7) is 1.41. The molecule has 6 heteroatoms. The average molecular weight is 352 g/mol. The number of hydrogen-bond donors (Lipinski definition) is 2.